The van der Waals surface area contributed by atoms with Crippen molar-refractivity contribution >= 4 is 22.8 Å². The third-order valence-electron chi connectivity index (χ3n) is 5.24. The fourth-order valence-corrected chi connectivity index (χ4v) is 4.02. The molecule has 0 spiro atoms. The van der Waals surface area contributed by atoms with E-state index >= 15 is 0 Å². The molecule has 0 saturated carbocycles. The Bertz CT molecular complexity index is 1160. The molecule has 0 unspecified atom stereocenters. The first-order chi connectivity index (χ1) is 13.9. The van der Waals surface area contributed by atoms with E-state index in [0.717, 1.165) is 0 Å². The van der Waals surface area contributed by atoms with Crippen molar-refractivity contribution in [2.45, 2.75) is 0 Å². The van der Waals surface area contributed by atoms with Crippen LogP contribution >= 0.6 is 0 Å². The number of hydrogen-bond acceptors (Lipinski definition) is 0. The standard InChI is InChI=1S/C28H20/c1-4-12-21(13-5-1)20-26-24-18-10-11-19-25(24)27(22-14-6-2-7-15-22)28(26)23-16-8-3-9-17-23/h1-20H. The zero-order valence-electron chi connectivity index (χ0n) is 15.5. The second-order valence-electron chi connectivity index (χ2n) is 7.00. The second kappa shape index (κ2) is 7.17. The van der Waals surface area contributed by atoms with E-state index in [-0.39, 0.29) is 0 Å². The molecule has 28 heavy (non-hydrogen) atoms. The zero-order chi connectivity index (χ0) is 18.8. The molecule has 5 rings (SSSR count). The van der Waals surface area contributed by atoms with E-state index in [1.807, 2.05) is 0 Å². The van der Waals surface area contributed by atoms with Crippen molar-refractivity contribution in [1.29, 1.82) is 0 Å². The predicted molar refractivity (Wildman–Crippen MR) is 120 cm³/mol. The summed E-state index contributed by atoms with van der Waals surface area (Å²) in [5.74, 6) is 0. The summed E-state index contributed by atoms with van der Waals surface area (Å²) in [4.78, 5) is 0. The van der Waals surface area contributed by atoms with Gasteiger partial charge in [-0.1, -0.05) is 115 Å². The molecule has 4 aromatic rings. The van der Waals surface area contributed by atoms with Gasteiger partial charge in [0.25, 0.3) is 0 Å². The van der Waals surface area contributed by atoms with E-state index in [0.29, 0.717) is 0 Å². The van der Waals surface area contributed by atoms with Crippen LogP contribution in [0.3, 0.4) is 0 Å². The summed E-state index contributed by atoms with van der Waals surface area (Å²) in [6.07, 6.45) is 2.32. The summed E-state index contributed by atoms with van der Waals surface area (Å²) >= 11 is 0. The summed E-state index contributed by atoms with van der Waals surface area (Å²) in [7, 11) is 0. The Morgan fingerprint density at radius 2 is 0.857 bits per heavy atom. The van der Waals surface area contributed by atoms with E-state index in [2.05, 4.69) is 121 Å². The van der Waals surface area contributed by atoms with Gasteiger partial charge in [-0.05, 0) is 50.6 Å². The maximum Gasteiger partial charge on any atom is -0.00201 e. The Morgan fingerprint density at radius 3 is 1.46 bits per heavy atom. The largest absolute Gasteiger partial charge is 0.0622 e. The molecule has 0 amide bonds. The van der Waals surface area contributed by atoms with E-state index in [9.17, 15) is 0 Å². The SMILES string of the molecule is C(=C1C(c2ccccc2)=C(c2ccccc2)c2ccccc21)c1ccccc1. The Hall–Kier alpha value is -3.64. The normalized spacial score (nSPS) is 14.4. The lowest BCUT2D eigenvalue weighted by Crippen LogP contribution is -1.89. The van der Waals surface area contributed by atoms with Crippen LogP contribution in [0.2, 0.25) is 0 Å². The van der Waals surface area contributed by atoms with Crippen molar-refractivity contribution in [1.82, 2.24) is 0 Å². The van der Waals surface area contributed by atoms with Gasteiger partial charge in [-0.3, -0.25) is 0 Å². The minimum absolute atomic E-state index is 1.22. The van der Waals surface area contributed by atoms with Crippen molar-refractivity contribution in [3.05, 3.63) is 143 Å². The van der Waals surface area contributed by atoms with Crippen LogP contribution < -0.4 is 0 Å². The van der Waals surface area contributed by atoms with Crippen LogP contribution in [0.15, 0.2) is 115 Å². The van der Waals surface area contributed by atoms with E-state index < -0.39 is 0 Å². The van der Waals surface area contributed by atoms with Gasteiger partial charge in [0.1, 0.15) is 0 Å². The molecule has 132 valence electrons. The highest BCUT2D eigenvalue weighted by Crippen LogP contribution is 2.49. The van der Waals surface area contributed by atoms with Gasteiger partial charge in [0.15, 0.2) is 0 Å². The lowest BCUT2D eigenvalue weighted by atomic mass is 9.92. The van der Waals surface area contributed by atoms with Gasteiger partial charge in [-0.15, -0.1) is 0 Å². The highest BCUT2D eigenvalue weighted by Gasteiger charge is 2.27. The van der Waals surface area contributed by atoms with Crippen LogP contribution in [-0.2, 0) is 0 Å². The lowest BCUT2D eigenvalue weighted by molar-refractivity contribution is 1.55. The summed E-state index contributed by atoms with van der Waals surface area (Å²) in [5, 5.41) is 0. The fourth-order valence-electron chi connectivity index (χ4n) is 4.02. The van der Waals surface area contributed by atoms with Gasteiger partial charge in [0, 0.05) is 0 Å². The molecular weight excluding hydrogens is 336 g/mol. The molecule has 0 aliphatic heterocycles. The Morgan fingerprint density at radius 1 is 0.393 bits per heavy atom. The fraction of sp³-hybridized carbons (Fsp3) is 0. The first-order valence-electron chi connectivity index (χ1n) is 9.64. The predicted octanol–water partition coefficient (Wildman–Crippen LogP) is 7.20. The van der Waals surface area contributed by atoms with Crippen LogP contribution in [0.4, 0.5) is 0 Å². The zero-order valence-corrected chi connectivity index (χ0v) is 15.5. The second-order valence-corrected chi connectivity index (χ2v) is 7.00. The Balaban J connectivity index is 1.85. The number of benzene rings is 4. The molecule has 0 nitrogen and oxygen atoms in total. The van der Waals surface area contributed by atoms with Crippen molar-refractivity contribution in [2.24, 2.45) is 0 Å². The summed E-state index contributed by atoms with van der Waals surface area (Å²) in [6, 6.07) is 40.8. The van der Waals surface area contributed by atoms with Crippen LogP contribution in [0.1, 0.15) is 27.8 Å². The molecule has 0 N–H and O–H groups in total. The first kappa shape index (κ1) is 16.5. The topological polar surface area (TPSA) is 0 Å². The van der Waals surface area contributed by atoms with Crippen LogP contribution in [0, 0.1) is 0 Å². The Kier molecular flexibility index (Phi) is 4.23. The van der Waals surface area contributed by atoms with E-state index in [1.165, 1.54) is 44.5 Å². The molecule has 0 atom stereocenters. The molecule has 4 aromatic carbocycles. The van der Waals surface area contributed by atoms with E-state index in [1.54, 1.807) is 0 Å². The quantitative estimate of drug-likeness (QED) is 0.364. The molecule has 0 radical (unpaired) electrons. The molecule has 0 heteroatoms. The highest BCUT2D eigenvalue weighted by molar-refractivity contribution is 6.27. The summed E-state index contributed by atoms with van der Waals surface area (Å²) < 4.78 is 0. The van der Waals surface area contributed by atoms with Crippen molar-refractivity contribution in [3.63, 3.8) is 0 Å². The van der Waals surface area contributed by atoms with Gasteiger partial charge >= 0.3 is 0 Å². The van der Waals surface area contributed by atoms with Crippen molar-refractivity contribution in [2.75, 3.05) is 0 Å². The van der Waals surface area contributed by atoms with Gasteiger partial charge in [-0.2, -0.15) is 0 Å². The van der Waals surface area contributed by atoms with Gasteiger partial charge in [0.2, 0.25) is 0 Å². The minimum Gasteiger partial charge on any atom is -0.0622 e. The summed E-state index contributed by atoms with van der Waals surface area (Å²) in [5.41, 5.74) is 10.2. The smallest absolute Gasteiger partial charge is 0.00201 e. The van der Waals surface area contributed by atoms with E-state index in [4.69, 9.17) is 0 Å². The van der Waals surface area contributed by atoms with Crippen LogP contribution in [0.5, 0.6) is 0 Å². The number of hydrogen-bond donors (Lipinski definition) is 0. The molecule has 0 aromatic heterocycles. The minimum atomic E-state index is 1.22. The first-order valence-corrected chi connectivity index (χ1v) is 9.64. The third-order valence-corrected chi connectivity index (χ3v) is 5.24. The molecule has 0 fully saturated rings. The highest BCUT2D eigenvalue weighted by atomic mass is 14.3. The molecule has 0 saturated heterocycles. The maximum atomic E-state index is 2.32. The summed E-state index contributed by atoms with van der Waals surface area (Å²) in [6.45, 7) is 0. The third kappa shape index (κ3) is 2.90. The van der Waals surface area contributed by atoms with Gasteiger partial charge < -0.3 is 0 Å². The molecule has 1 aliphatic carbocycles. The van der Waals surface area contributed by atoms with Gasteiger partial charge in [0.05, 0.1) is 0 Å². The van der Waals surface area contributed by atoms with Crippen LogP contribution in [-0.4, -0.2) is 0 Å². The number of rotatable bonds is 3. The molecule has 0 heterocycles. The van der Waals surface area contributed by atoms with Gasteiger partial charge in [-0.25, -0.2) is 0 Å². The monoisotopic (exact) mass is 356 g/mol. The van der Waals surface area contributed by atoms with Crippen molar-refractivity contribution < 1.29 is 0 Å². The number of allylic oxidation sites excluding steroid dienone is 2. The van der Waals surface area contributed by atoms with Crippen LogP contribution in [0.25, 0.3) is 22.8 Å². The average molecular weight is 356 g/mol. The lowest BCUT2D eigenvalue weighted by Gasteiger charge is -2.11. The average Bonchev–Trinajstić information content (AvgIpc) is 3.10. The van der Waals surface area contributed by atoms with Crippen molar-refractivity contribution in [3.8, 4) is 0 Å². The molecular formula is C28H20. The maximum absolute atomic E-state index is 2.32. The molecule has 1 aliphatic rings. The Labute approximate surface area is 166 Å². The number of fused-ring (bicyclic) bond motifs is 1. The molecule has 0 bridgehead atoms.